The topological polar surface area (TPSA) is 72.6 Å². The van der Waals surface area contributed by atoms with Gasteiger partial charge in [0.2, 0.25) is 0 Å². The number of ether oxygens (including phenoxy) is 1. The molecule has 1 aromatic carbocycles. The number of aliphatic hydroxyl groups excluding tert-OH is 1. The van der Waals surface area contributed by atoms with E-state index < -0.39 is 16.4 Å². The summed E-state index contributed by atoms with van der Waals surface area (Å²) in [5.74, 6) is 0.529. The average Bonchev–Trinajstić information content (AvgIpc) is 2.26. The van der Waals surface area contributed by atoms with Crippen LogP contribution >= 0.6 is 0 Å². The van der Waals surface area contributed by atoms with Crippen LogP contribution in [0.1, 0.15) is 39.4 Å². The van der Waals surface area contributed by atoms with E-state index in [9.17, 15) is 15.2 Å². The van der Waals surface area contributed by atoms with Crippen molar-refractivity contribution in [1.82, 2.24) is 0 Å². The molecule has 0 bridgehead atoms. The Labute approximate surface area is 107 Å². The summed E-state index contributed by atoms with van der Waals surface area (Å²) < 4.78 is 5.31. The number of nitro benzene ring substituents is 1. The maximum absolute atomic E-state index is 11.0. The van der Waals surface area contributed by atoms with Crippen molar-refractivity contribution in [3.8, 4) is 5.75 Å². The first-order valence-electron chi connectivity index (χ1n) is 5.86. The van der Waals surface area contributed by atoms with E-state index >= 15 is 0 Å². The van der Waals surface area contributed by atoms with Gasteiger partial charge in [-0.2, -0.15) is 0 Å². The van der Waals surface area contributed by atoms with Gasteiger partial charge in [-0.1, -0.05) is 20.8 Å². The molecule has 0 aliphatic rings. The van der Waals surface area contributed by atoms with Crippen molar-refractivity contribution >= 4 is 5.69 Å². The van der Waals surface area contributed by atoms with E-state index in [-0.39, 0.29) is 5.69 Å². The van der Waals surface area contributed by atoms with Crippen LogP contribution in [0.4, 0.5) is 5.69 Å². The molecule has 100 valence electrons. The molecule has 1 rings (SSSR count). The van der Waals surface area contributed by atoms with E-state index in [4.69, 9.17) is 4.74 Å². The third-order valence-electron chi connectivity index (χ3n) is 2.62. The highest BCUT2D eigenvalue weighted by atomic mass is 16.6. The number of nitrogens with zero attached hydrogens (tertiary/aromatic N) is 1. The van der Waals surface area contributed by atoms with Gasteiger partial charge in [-0.25, -0.2) is 0 Å². The summed E-state index contributed by atoms with van der Waals surface area (Å²) in [7, 11) is 0. The van der Waals surface area contributed by atoms with Crippen molar-refractivity contribution < 1.29 is 14.8 Å². The van der Waals surface area contributed by atoms with Gasteiger partial charge in [0.25, 0.3) is 5.69 Å². The molecular weight excluding hydrogens is 234 g/mol. The molecule has 0 aliphatic carbocycles. The molecule has 0 radical (unpaired) electrons. The van der Waals surface area contributed by atoms with Gasteiger partial charge in [0.1, 0.15) is 5.75 Å². The fourth-order valence-corrected chi connectivity index (χ4v) is 1.64. The van der Waals surface area contributed by atoms with Crippen LogP contribution in [-0.2, 0) is 0 Å². The average molecular weight is 253 g/mol. The van der Waals surface area contributed by atoms with Gasteiger partial charge in [-0.3, -0.25) is 10.1 Å². The molecule has 0 amide bonds. The van der Waals surface area contributed by atoms with E-state index in [2.05, 4.69) is 0 Å². The van der Waals surface area contributed by atoms with Crippen molar-refractivity contribution in [2.24, 2.45) is 5.41 Å². The van der Waals surface area contributed by atoms with Crippen LogP contribution in [0.5, 0.6) is 5.75 Å². The molecule has 0 spiro atoms. The van der Waals surface area contributed by atoms with E-state index in [0.717, 1.165) is 0 Å². The Bertz CT molecular complexity index is 437. The van der Waals surface area contributed by atoms with Gasteiger partial charge >= 0.3 is 0 Å². The predicted molar refractivity (Wildman–Crippen MR) is 68.7 cm³/mol. The summed E-state index contributed by atoms with van der Waals surface area (Å²) in [5, 5.41) is 21.2. The standard InChI is InChI=1S/C13H19NO4/c1-5-18-9-6-7-11(14(16)17)10(8-9)12(15)13(2,3)4/h6-8,12,15H,5H2,1-4H3/t12-/m1/s1. The van der Waals surface area contributed by atoms with Crippen molar-refractivity contribution in [3.05, 3.63) is 33.9 Å². The Hall–Kier alpha value is -1.62. The second kappa shape index (κ2) is 5.35. The van der Waals surface area contributed by atoms with Crippen molar-refractivity contribution in [3.63, 3.8) is 0 Å². The van der Waals surface area contributed by atoms with Crippen molar-refractivity contribution in [2.75, 3.05) is 6.61 Å². The van der Waals surface area contributed by atoms with E-state index in [0.29, 0.717) is 17.9 Å². The molecule has 0 saturated heterocycles. The molecule has 0 aromatic heterocycles. The van der Waals surface area contributed by atoms with Crippen LogP contribution in [-0.4, -0.2) is 16.6 Å². The Morgan fingerprint density at radius 2 is 2.06 bits per heavy atom. The van der Waals surface area contributed by atoms with E-state index in [1.54, 1.807) is 6.07 Å². The van der Waals surface area contributed by atoms with Gasteiger partial charge in [0.15, 0.2) is 0 Å². The zero-order valence-corrected chi connectivity index (χ0v) is 11.1. The Kier molecular flexibility index (Phi) is 4.29. The SMILES string of the molecule is CCOc1ccc([N+](=O)[O-])c([C@@H](O)C(C)(C)C)c1. The zero-order chi connectivity index (χ0) is 13.9. The van der Waals surface area contributed by atoms with Gasteiger partial charge in [-0.05, 0) is 24.5 Å². The molecule has 1 N–H and O–H groups in total. The van der Waals surface area contributed by atoms with Crippen LogP contribution in [0.3, 0.4) is 0 Å². The molecule has 1 atom stereocenters. The quantitative estimate of drug-likeness (QED) is 0.661. The Morgan fingerprint density at radius 3 is 2.50 bits per heavy atom. The highest BCUT2D eigenvalue weighted by Crippen LogP contribution is 2.38. The van der Waals surface area contributed by atoms with Gasteiger partial charge in [-0.15, -0.1) is 0 Å². The lowest BCUT2D eigenvalue weighted by atomic mass is 9.84. The number of benzene rings is 1. The number of aliphatic hydroxyl groups is 1. The van der Waals surface area contributed by atoms with Crippen LogP contribution < -0.4 is 4.74 Å². The van der Waals surface area contributed by atoms with E-state index in [1.807, 2.05) is 27.7 Å². The number of rotatable bonds is 4. The maximum Gasteiger partial charge on any atom is 0.275 e. The summed E-state index contributed by atoms with van der Waals surface area (Å²) >= 11 is 0. The first-order chi connectivity index (χ1) is 8.27. The first kappa shape index (κ1) is 14.4. The molecule has 1 aromatic rings. The molecule has 0 aliphatic heterocycles. The summed E-state index contributed by atoms with van der Waals surface area (Å²) in [4.78, 5) is 10.5. The fraction of sp³-hybridized carbons (Fsp3) is 0.538. The first-order valence-corrected chi connectivity index (χ1v) is 5.86. The molecule has 0 unspecified atom stereocenters. The molecule has 0 heterocycles. The fourth-order valence-electron chi connectivity index (χ4n) is 1.64. The summed E-state index contributed by atoms with van der Waals surface area (Å²) in [5.41, 5.74) is -0.269. The Balaban J connectivity index is 3.27. The third kappa shape index (κ3) is 3.20. The molecular formula is C13H19NO4. The highest BCUT2D eigenvalue weighted by molar-refractivity contribution is 5.47. The van der Waals surface area contributed by atoms with Crippen LogP contribution in [0, 0.1) is 15.5 Å². The number of hydrogen-bond donors (Lipinski definition) is 1. The third-order valence-corrected chi connectivity index (χ3v) is 2.62. The second-order valence-corrected chi connectivity index (χ2v) is 5.18. The largest absolute Gasteiger partial charge is 0.494 e. The van der Waals surface area contributed by atoms with Gasteiger partial charge < -0.3 is 9.84 Å². The lowest BCUT2D eigenvalue weighted by Crippen LogP contribution is -2.19. The molecule has 0 saturated carbocycles. The number of hydrogen-bond acceptors (Lipinski definition) is 4. The van der Waals surface area contributed by atoms with Crippen LogP contribution in [0.2, 0.25) is 0 Å². The monoisotopic (exact) mass is 253 g/mol. The van der Waals surface area contributed by atoms with Crippen molar-refractivity contribution in [1.29, 1.82) is 0 Å². The summed E-state index contributed by atoms with van der Waals surface area (Å²) in [6.45, 7) is 7.79. The van der Waals surface area contributed by atoms with E-state index in [1.165, 1.54) is 12.1 Å². The van der Waals surface area contributed by atoms with Crippen molar-refractivity contribution in [2.45, 2.75) is 33.8 Å². The summed E-state index contributed by atoms with van der Waals surface area (Å²) in [6, 6.07) is 4.45. The van der Waals surface area contributed by atoms with Crippen LogP contribution in [0.25, 0.3) is 0 Å². The minimum Gasteiger partial charge on any atom is -0.494 e. The zero-order valence-electron chi connectivity index (χ0n) is 11.1. The number of nitro groups is 1. The summed E-state index contributed by atoms with van der Waals surface area (Å²) in [6.07, 6.45) is -0.918. The lowest BCUT2D eigenvalue weighted by molar-refractivity contribution is -0.386. The smallest absolute Gasteiger partial charge is 0.275 e. The van der Waals surface area contributed by atoms with Gasteiger partial charge in [0.05, 0.1) is 23.2 Å². The van der Waals surface area contributed by atoms with Crippen LogP contribution in [0.15, 0.2) is 18.2 Å². The lowest BCUT2D eigenvalue weighted by Gasteiger charge is -2.26. The highest BCUT2D eigenvalue weighted by Gasteiger charge is 2.30. The molecule has 5 heteroatoms. The minimum absolute atomic E-state index is 0.0825. The minimum atomic E-state index is -0.918. The molecule has 5 nitrogen and oxygen atoms in total. The normalized spacial score (nSPS) is 13.2. The molecule has 18 heavy (non-hydrogen) atoms. The second-order valence-electron chi connectivity index (χ2n) is 5.18. The predicted octanol–water partition coefficient (Wildman–Crippen LogP) is 3.07. The van der Waals surface area contributed by atoms with Gasteiger partial charge in [0, 0.05) is 6.07 Å². The Morgan fingerprint density at radius 1 is 1.44 bits per heavy atom. The maximum atomic E-state index is 11.0. The molecule has 0 fully saturated rings.